The molecule has 0 aliphatic rings. The predicted octanol–water partition coefficient (Wildman–Crippen LogP) is 3.72. The molecule has 0 saturated carbocycles. The molecule has 4 nitrogen and oxygen atoms in total. The minimum Gasteiger partial charge on any atom is -0.494 e. The van der Waals surface area contributed by atoms with Crippen molar-refractivity contribution in [2.45, 2.75) is 20.8 Å². The molecule has 2 aromatic rings. The molecule has 0 aromatic heterocycles. The molecular weight excluding hydrogens is 278 g/mol. The van der Waals surface area contributed by atoms with Crippen molar-refractivity contribution in [2.24, 2.45) is 0 Å². The van der Waals surface area contributed by atoms with Gasteiger partial charge in [-0.2, -0.15) is 0 Å². The Bertz CT molecular complexity index is 635. The van der Waals surface area contributed by atoms with Gasteiger partial charge in [0.2, 0.25) is 0 Å². The van der Waals surface area contributed by atoms with Gasteiger partial charge in [-0.3, -0.25) is 4.79 Å². The van der Waals surface area contributed by atoms with E-state index < -0.39 is 0 Å². The van der Waals surface area contributed by atoms with Crippen LogP contribution < -0.4 is 14.8 Å². The Balaban J connectivity index is 1.87. The number of hydrogen-bond acceptors (Lipinski definition) is 3. The number of ether oxygens (including phenoxy) is 2. The molecule has 0 aliphatic heterocycles. The molecule has 0 aliphatic carbocycles. The summed E-state index contributed by atoms with van der Waals surface area (Å²) in [5.74, 6) is 1.25. The first-order valence-electron chi connectivity index (χ1n) is 7.31. The van der Waals surface area contributed by atoms with Gasteiger partial charge < -0.3 is 14.8 Å². The minimum absolute atomic E-state index is 0.0265. The van der Waals surface area contributed by atoms with Crippen LogP contribution >= 0.6 is 0 Å². The predicted molar refractivity (Wildman–Crippen MR) is 87.7 cm³/mol. The number of rotatable bonds is 6. The Hall–Kier alpha value is -2.49. The van der Waals surface area contributed by atoms with Crippen LogP contribution in [0, 0.1) is 13.8 Å². The quantitative estimate of drug-likeness (QED) is 0.884. The molecule has 0 bridgehead atoms. The first-order valence-corrected chi connectivity index (χ1v) is 7.31. The van der Waals surface area contributed by atoms with Crippen LogP contribution in [0.1, 0.15) is 18.1 Å². The van der Waals surface area contributed by atoms with E-state index in [1.165, 1.54) is 5.56 Å². The molecule has 0 spiro atoms. The molecule has 0 atom stereocenters. The van der Waals surface area contributed by atoms with Gasteiger partial charge in [0.15, 0.2) is 6.61 Å². The molecular formula is C18H21NO3. The normalized spacial score (nSPS) is 10.1. The molecule has 0 radical (unpaired) electrons. The number of carbonyl (C=O) groups excluding carboxylic acids is 1. The molecule has 0 unspecified atom stereocenters. The molecule has 2 rings (SSSR count). The van der Waals surface area contributed by atoms with Crippen molar-refractivity contribution in [3.63, 3.8) is 0 Å². The Morgan fingerprint density at radius 1 is 1.00 bits per heavy atom. The van der Waals surface area contributed by atoms with Crippen LogP contribution in [0.4, 0.5) is 5.69 Å². The fourth-order valence-corrected chi connectivity index (χ4v) is 2.09. The van der Waals surface area contributed by atoms with Crippen molar-refractivity contribution in [1.82, 2.24) is 0 Å². The molecule has 116 valence electrons. The number of anilines is 1. The third kappa shape index (κ3) is 4.52. The lowest BCUT2D eigenvalue weighted by atomic mass is 10.1. The van der Waals surface area contributed by atoms with Gasteiger partial charge in [-0.25, -0.2) is 0 Å². The first kappa shape index (κ1) is 15.9. The maximum Gasteiger partial charge on any atom is 0.262 e. The van der Waals surface area contributed by atoms with Gasteiger partial charge in [0.1, 0.15) is 11.5 Å². The maximum atomic E-state index is 11.9. The van der Waals surface area contributed by atoms with Crippen LogP contribution in [0.5, 0.6) is 11.5 Å². The van der Waals surface area contributed by atoms with Gasteiger partial charge in [-0.05, 0) is 56.7 Å². The van der Waals surface area contributed by atoms with Crippen LogP contribution in [0.3, 0.4) is 0 Å². The second-order valence-corrected chi connectivity index (χ2v) is 5.06. The summed E-state index contributed by atoms with van der Waals surface area (Å²) >= 11 is 0. The van der Waals surface area contributed by atoms with Crippen molar-refractivity contribution >= 4 is 11.6 Å². The SMILES string of the molecule is CCOc1ccc(OCC(=O)Nc2ccc(C)cc2C)cc1. The van der Waals surface area contributed by atoms with Gasteiger partial charge in [-0.15, -0.1) is 0 Å². The van der Waals surface area contributed by atoms with E-state index in [4.69, 9.17) is 9.47 Å². The van der Waals surface area contributed by atoms with Crippen LogP contribution in [-0.2, 0) is 4.79 Å². The number of benzene rings is 2. The summed E-state index contributed by atoms with van der Waals surface area (Å²) in [6.45, 7) is 6.52. The highest BCUT2D eigenvalue weighted by atomic mass is 16.5. The molecule has 1 amide bonds. The van der Waals surface area contributed by atoms with E-state index in [1.54, 1.807) is 12.1 Å². The summed E-state index contributed by atoms with van der Waals surface area (Å²) in [4.78, 5) is 11.9. The van der Waals surface area contributed by atoms with E-state index in [9.17, 15) is 4.79 Å². The number of amides is 1. The maximum absolute atomic E-state index is 11.9. The van der Waals surface area contributed by atoms with Gasteiger partial charge in [0.25, 0.3) is 5.91 Å². The van der Waals surface area contributed by atoms with Crippen molar-refractivity contribution in [1.29, 1.82) is 0 Å². The molecule has 2 aromatic carbocycles. The van der Waals surface area contributed by atoms with Gasteiger partial charge in [-0.1, -0.05) is 17.7 Å². The van der Waals surface area contributed by atoms with Crippen LogP contribution in [-0.4, -0.2) is 19.1 Å². The fourth-order valence-electron chi connectivity index (χ4n) is 2.09. The van der Waals surface area contributed by atoms with Crippen LogP contribution in [0.15, 0.2) is 42.5 Å². The van der Waals surface area contributed by atoms with Crippen LogP contribution in [0.2, 0.25) is 0 Å². The average Bonchev–Trinajstić information content (AvgIpc) is 2.50. The lowest BCUT2D eigenvalue weighted by Gasteiger charge is -2.10. The second-order valence-electron chi connectivity index (χ2n) is 5.06. The Morgan fingerprint density at radius 2 is 1.64 bits per heavy atom. The average molecular weight is 299 g/mol. The summed E-state index contributed by atoms with van der Waals surface area (Å²) in [7, 11) is 0. The summed E-state index contributed by atoms with van der Waals surface area (Å²) in [6.07, 6.45) is 0. The minimum atomic E-state index is -0.180. The van der Waals surface area contributed by atoms with Crippen molar-refractivity contribution < 1.29 is 14.3 Å². The standard InChI is InChI=1S/C18H21NO3/c1-4-21-15-6-8-16(9-7-15)22-12-18(20)19-17-10-5-13(2)11-14(17)3/h5-11H,4,12H2,1-3H3,(H,19,20). The van der Waals surface area contributed by atoms with Crippen molar-refractivity contribution in [3.05, 3.63) is 53.6 Å². The zero-order valence-corrected chi connectivity index (χ0v) is 13.2. The summed E-state index contributed by atoms with van der Waals surface area (Å²) in [6, 6.07) is 13.1. The number of nitrogens with one attached hydrogen (secondary N) is 1. The highest BCUT2D eigenvalue weighted by molar-refractivity contribution is 5.92. The van der Waals surface area contributed by atoms with Gasteiger partial charge in [0.05, 0.1) is 6.61 Å². The van der Waals surface area contributed by atoms with Crippen molar-refractivity contribution in [2.75, 3.05) is 18.5 Å². The molecule has 0 saturated heterocycles. The zero-order chi connectivity index (χ0) is 15.9. The summed E-state index contributed by atoms with van der Waals surface area (Å²) in [5, 5.41) is 2.85. The lowest BCUT2D eigenvalue weighted by molar-refractivity contribution is -0.118. The number of carbonyl (C=O) groups is 1. The number of aryl methyl sites for hydroxylation is 2. The Labute approximate surface area is 131 Å². The van der Waals surface area contributed by atoms with E-state index in [0.29, 0.717) is 12.4 Å². The molecule has 4 heteroatoms. The highest BCUT2D eigenvalue weighted by Gasteiger charge is 2.06. The van der Waals surface area contributed by atoms with Crippen molar-refractivity contribution in [3.8, 4) is 11.5 Å². The number of hydrogen-bond donors (Lipinski definition) is 1. The van der Waals surface area contributed by atoms with Gasteiger partial charge >= 0.3 is 0 Å². The van der Waals surface area contributed by atoms with E-state index in [-0.39, 0.29) is 12.5 Å². The van der Waals surface area contributed by atoms with E-state index in [0.717, 1.165) is 17.0 Å². The Kier molecular flexibility index (Phi) is 5.42. The molecule has 1 N–H and O–H groups in total. The molecule has 0 heterocycles. The third-order valence-corrected chi connectivity index (χ3v) is 3.16. The molecule has 0 fully saturated rings. The molecule has 22 heavy (non-hydrogen) atoms. The van der Waals surface area contributed by atoms with E-state index in [2.05, 4.69) is 5.32 Å². The Morgan fingerprint density at radius 3 is 2.23 bits per heavy atom. The highest BCUT2D eigenvalue weighted by Crippen LogP contribution is 2.18. The topological polar surface area (TPSA) is 47.6 Å². The van der Waals surface area contributed by atoms with Crippen LogP contribution in [0.25, 0.3) is 0 Å². The fraction of sp³-hybridized carbons (Fsp3) is 0.278. The monoisotopic (exact) mass is 299 g/mol. The first-order chi connectivity index (χ1) is 10.6. The largest absolute Gasteiger partial charge is 0.494 e. The lowest BCUT2D eigenvalue weighted by Crippen LogP contribution is -2.20. The summed E-state index contributed by atoms with van der Waals surface area (Å²) < 4.78 is 10.8. The summed E-state index contributed by atoms with van der Waals surface area (Å²) in [5.41, 5.74) is 3.02. The third-order valence-electron chi connectivity index (χ3n) is 3.16. The smallest absolute Gasteiger partial charge is 0.262 e. The zero-order valence-electron chi connectivity index (χ0n) is 13.2. The van der Waals surface area contributed by atoms with E-state index >= 15 is 0 Å². The van der Waals surface area contributed by atoms with E-state index in [1.807, 2.05) is 51.1 Å². The van der Waals surface area contributed by atoms with Gasteiger partial charge in [0, 0.05) is 5.69 Å². The second kappa shape index (κ2) is 7.50.